The predicted molar refractivity (Wildman–Crippen MR) is 72.6 cm³/mol. The van der Waals surface area contributed by atoms with E-state index in [-0.39, 0.29) is 18.9 Å². The molecule has 1 heterocycles. The van der Waals surface area contributed by atoms with Crippen LogP contribution in [0.25, 0.3) is 0 Å². The third-order valence-electron chi connectivity index (χ3n) is 3.37. The number of aliphatic hydroxyl groups excluding tert-OH is 2. The van der Waals surface area contributed by atoms with Gasteiger partial charge in [-0.05, 0) is 30.7 Å². The summed E-state index contributed by atoms with van der Waals surface area (Å²) in [6.07, 6.45) is -0.556. The van der Waals surface area contributed by atoms with Crippen LogP contribution in [0.15, 0.2) is 18.2 Å². The van der Waals surface area contributed by atoms with Gasteiger partial charge in [-0.1, -0.05) is 13.0 Å². The summed E-state index contributed by atoms with van der Waals surface area (Å²) < 4.78 is 14.0. The maximum atomic E-state index is 14.0. The van der Waals surface area contributed by atoms with Gasteiger partial charge < -0.3 is 20.4 Å². The lowest BCUT2D eigenvalue weighted by atomic mass is 10.2. The molecule has 19 heavy (non-hydrogen) atoms. The fourth-order valence-electron chi connectivity index (χ4n) is 2.29. The highest BCUT2D eigenvalue weighted by Crippen LogP contribution is 2.24. The molecular formula is C14H21FN2O2. The topological polar surface area (TPSA) is 55.7 Å². The second-order valence-electron chi connectivity index (χ2n) is 5.00. The first kappa shape index (κ1) is 14.2. The molecule has 1 aliphatic rings. The highest BCUT2D eigenvalue weighted by molar-refractivity contribution is 5.50. The first-order valence-electron chi connectivity index (χ1n) is 6.72. The third-order valence-corrected chi connectivity index (χ3v) is 3.37. The van der Waals surface area contributed by atoms with Crippen LogP contribution in [-0.4, -0.2) is 42.1 Å². The number of rotatable bonds is 5. The summed E-state index contributed by atoms with van der Waals surface area (Å²) in [5.41, 5.74) is 1.34. The quantitative estimate of drug-likeness (QED) is 0.694. The number of nitrogens with one attached hydrogen (secondary N) is 1. The van der Waals surface area contributed by atoms with Crippen LogP contribution in [0.4, 0.5) is 10.1 Å². The number of aliphatic hydroxyl groups is 2. The average molecular weight is 268 g/mol. The molecule has 2 unspecified atom stereocenters. The van der Waals surface area contributed by atoms with Gasteiger partial charge in [0.1, 0.15) is 5.82 Å². The van der Waals surface area contributed by atoms with Crippen molar-refractivity contribution < 1.29 is 14.6 Å². The third kappa shape index (κ3) is 3.43. The molecule has 0 bridgehead atoms. The Morgan fingerprint density at radius 3 is 2.58 bits per heavy atom. The minimum Gasteiger partial charge on any atom is -0.389 e. The summed E-state index contributed by atoms with van der Waals surface area (Å²) in [6, 6.07) is 5.09. The fourth-order valence-corrected chi connectivity index (χ4v) is 2.29. The lowest BCUT2D eigenvalue weighted by Crippen LogP contribution is -2.22. The van der Waals surface area contributed by atoms with Crippen LogP contribution in [0.5, 0.6) is 0 Å². The monoisotopic (exact) mass is 268 g/mol. The number of hydrogen-bond acceptors (Lipinski definition) is 4. The molecule has 106 valence electrons. The van der Waals surface area contributed by atoms with Crippen molar-refractivity contribution in [2.45, 2.75) is 32.1 Å². The van der Waals surface area contributed by atoms with Gasteiger partial charge in [0, 0.05) is 19.6 Å². The lowest BCUT2D eigenvalue weighted by Gasteiger charge is -2.19. The van der Waals surface area contributed by atoms with Crippen molar-refractivity contribution in [3.63, 3.8) is 0 Å². The van der Waals surface area contributed by atoms with Crippen molar-refractivity contribution in [1.29, 1.82) is 0 Å². The zero-order valence-electron chi connectivity index (χ0n) is 11.1. The van der Waals surface area contributed by atoms with E-state index in [4.69, 9.17) is 0 Å². The molecule has 2 rings (SSSR count). The van der Waals surface area contributed by atoms with Crippen molar-refractivity contribution in [3.05, 3.63) is 29.6 Å². The Bertz CT molecular complexity index is 418. The Morgan fingerprint density at radius 2 is 2.00 bits per heavy atom. The molecule has 1 aliphatic heterocycles. The molecule has 3 N–H and O–H groups in total. The highest BCUT2D eigenvalue weighted by Gasteiger charge is 2.30. The van der Waals surface area contributed by atoms with E-state index in [1.54, 1.807) is 11.0 Å². The minimum absolute atomic E-state index is 0.269. The van der Waals surface area contributed by atoms with Gasteiger partial charge in [0.2, 0.25) is 0 Å². The zero-order chi connectivity index (χ0) is 13.8. The molecule has 1 aromatic rings. The average Bonchev–Trinajstić information content (AvgIpc) is 2.70. The fraction of sp³-hybridized carbons (Fsp3) is 0.571. The lowest BCUT2D eigenvalue weighted by molar-refractivity contribution is 0.0572. The second kappa shape index (κ2) is 6.32. The molecule has 0 aliphatic carbocycles. The van der Waals surface area contributed by atoms with Gasteiger partial charge in [-0.3, -0.25) is 0 Å². The molecule has 0 amide bonds. The van der Waals surface area contributed by atoms with Gasteiger partial charge in [-0.15, -0.1) is 0 Å². The minimum atomic E-state index is -0.801. The van der Waals surface area contributed by atoms with E-state index < -0.39 is 12.2 Å². The van der Waals surface area contributed by atoms with Crippen LogP contribution >= 0.6 is 0 Å². The SMILES string of the molecule is CCCNCc1ccc(N2CC(O)C(O)C2)c(F)c1. The van der Waals surface area contributed by atoms with Crippen molar-refractivity contribution in [3.8, 4) is 0 Å². The van der Waals surface area contributed by atoms with Gasteiger partial charge in [-0.2, -0.15) is 0 Å². The van der Waals surface area contributed by atoms with E-state index in [1.165, 1.54) is 6.07 Å². The van der Waals surface area contributed by atoms with Crippen molar-refractivity contribution >= 4 is 5.69 Å². The number of nitrogens with zero attached hydrogens (tertiary/aromatic N) is 1. The maximum absolute atomic E-state index is 14.0. The molecule has 1 saturated heterocycles. The van der Waals surface area contributed by atoms with Crippen LogP contribution in [0.3, 0.4) is 0 Å². The number of β-amino-alcohol motifs (C(OH)–C–C–N with tert-alkyl or cyclic N) is 2. The van der Waals surface area contributed by atoms with Crippen LogP contribution in [0.1, 0.15) is 18.9 Å². The Kier molecular flexibility index (Phi) is 4.74. The molecule has 1 fully saturated rings. The van der Waals surface area contributed by atoms with E-state index in [0.717, 1.165) is 18.5 Å². The van der Waals surface area contributed by atoms with E-state index in [0.29, 0.717) is 12.2 Å². The molecule has 0 radical (unpaired) electrons. The second-order valence-corrected chi connectivity index (χ2v) is 5.00. The van der Waals surface area contributed by atoms with Crippen LogP contribution in [0, 0.1) is 5.82 Å². The maximum Gasteiger partial charge on any atom is 0.146 e. The Hall–Kier alpha value is -1.17. The van der Waals surface area contributed by atoms with Gasteiger partial charge in [0.05, 0.1) is 17.9 Å². The van der Waals surface area contributed by atoms with E-state index in [9.17, 15) is 14.6 Å². The Balaban J connectivity index is 2.03. The largest absolute Gasteiger partial charge is 0.389 e. The number of halogens is 1. The van der Waals surface area contributed by atoms with E-state index in [1.807, 2.05) is 6.07 Å². The normalized spacial score (nSPS) is 23.1. The standard InChI is InChI=1S/C14H21FN2O2/c1-2-5-16-7-10-3-4-12(11(15)6-10)17-8-13(18)14(19)9-17/h3-4,6,13-14,16,18-19H,2,5,7-9H2,1H3. The van der Waals surface area contributed by atoms with Gasteiger partial charge in [-0.25, -0.2) is 4.39 Å². The van der Waals surface area contributed by atoms with Crippen LogP contribution < -0.4 is 10.2 Å². The Labute approximate surface area is 112 Å². The van der Waals surface area contributed by atoms with Gasteiger partial charge in [0.15, 0.2) is 0 Å². The molecular weight excluding hydrogens is 247 g/mol. The zero-order valence-corrected chi connectivity index (χ0v) is 11.1. The molecule has 1 aromatic carbocycles. The summed E-state index contributed by atoms with van der Waals surface area (Å²) >= 11 is 0. The van der Waals surface area contributed by atoms with Gasteiger partial charge >= 0.3 is 0 Å². The van der Waals surface area contributed by atoms with E-state index in [2.05, 4.69) is 12.2 Å². The molecule has 0 aromatic heterocycles. The predicted octanol–water partition coefficient (Wildman–Crippen LogP) is 0.867. The number of benzene rings is 1. The molecule has 5 heteroatoms. The summed E-state index contributed by atoms with van der Waals surface area (Å²) in [5, 5.41) is 22.2. The smallest absolute Gasteiger partial charge is 0.146 e. The van der Waals surface area contributed by atoms with E-state index >= 15 is 0 Å². The summed E-state index contributed by atoms with van der Waals surface area (Å²) in [5.74, 6) is -0.308. The molecule has 0 spiro atoms. The number of anilines is 1. The van der Waals surface area contributed by atoms with Crippen molar-refractivity contribution in [2.75, 3.05) is 24.5 Å². The van der Waals surface area contributed by atoms with Crippen molar-refractivity contribution in [1.82, 2.24) is 5.32 Å². The Morgan fingerprint density at radius 1 is 1.32 bits per heavy atom. The molecule has 0 saturated carbocycles. The summed E-state index contributed by atoms with van der Waals surface area (Å²) in [4.78, 5) is 1.67. The van der Waals surface area contributed by atoms with Crippen LogP contribution in [0.2, 0.25) is 0 Å². The van der Waals surface area contributed by atoms with Crippen LogP contribution in [-0.2, 0) is 6.54 Å². The van der Waals surface area contributed by atoms with Gasteiger partial charge in [0.25, 0.3) is 0 Å². The summed E-state index contributed by atoms with van der Waals surface area (Å²) in [7, 11) is 0. The molecule has 2 atom stereocenters. The first-order chi connectivity index (χ1) is 9.11. The molecule has 4 nitrogen and oxygen atoms in total. The number of hydrogen-bond donors (Lipinski definition) is 3. The first-order valence-corrected chi connectivity index (χ1v) is 6.72. The highest BCUT2D eigenvalue weighted by atomic mass is 19.1. The summed E-state index contributed by atoms with van der Waals surface area (Å²) in [6.45, 7) is 4.18. The van der Waals surface area contributed by atoms with Crippen molar-refractivity contribution in [2.24, 2.45) is 0 Å².